The molecule has 1 atom stereocenters. The lowest BCUT2D eigenvalue weighted by molar-refractivity contribution is 0.529. The van der Waals surface area contributed by atoms with E-state index < -0.39 is 10.0 Å². The van der Waals surface area contributed by atoms with Crippen LogP contribution in [0.3, 0.4) is 0 Å². The van der Waals surface area contributed by atoms with E-state index in [1.807, 2.05) is 20.8 Å². The highest BCUT2D eigenvalue weighted by atomic mass is 32.2. The number of aryl methyl sites for hydroxylation is 1. The van der Waals surface area contributed by atoms with Gasteiger partial charge in [0.2, 0.25) is 10.0 Å². The van der Waals surface area contributed by atoms with Gasteiger partial charge in [0, 0.05) is 11.7 Å². The van der Waals surface area contributed by atoms with E-state index in [4.69, 9.17) is 5.73 Å². The van der Waals surface area contributed by atoms with Crippen molar-refractivity contribution in [3.63, 3.8) is 0 Å². The highest BCUT2D eigenvalue weighted by Gasteiger charge is 2.27. The van der Waals surface area contributed by atoms with E-state index in [0.29, 0.717) is 16.5 Å². The maximum absolute atomic E-state index is 12.4. The van der Waals surface area contributed by atoms with E-state index in [0.717, 1.165) is 17.5 Å². The van der Waals surface area contributed by atoms with Crippen LogP contribution in [-0.2, 0) is 10.0 Å². The van der Waals surface area contributed by atoms with Crippen molar-refractivity contribution in [3.05, 3.63) is 23.3 Å². The van der Waals surface area contributed by atoms with Crippen LogP contribution in [0.2, 0.25) is 0 Å². The number of anilines is 1. The number of nitrogens with two attached hydrogens (primary N) is 1. The van der Waals surface area contributed by atoms with Crippen LogP contribution < -0.4 is 10.5 Å². The average molecular weight is 282 g/mol. The second-order valence-electron chi connectivity index (χ2n) is 5.66. The Morgan fingerprint density at radius 3 is 2.58 bits per heavy atom. The standard InChI is InChI=1S/C14H22N2O2S/c1-9-6-13(15)8-14(11(9)3)19(17,18)16-10(2)7-12-4-5-12/h6,8,10,12,16H,4-5,7,15H2,1-3H3. The molecule has 0 saturated heterocycles. The lowest BCUT2D eigenvalue weighted by atomic mass is 10.1. The fraction of sp³-hybridized carbons (Fsp3) is 0.571. The highest BCUT2D eigenvalue weighted by Crippen LogP contribution is 2.33. The van der Waals surface area contributed by atoms with Gasteiger partial charge in [-0.05, 0) is 56.4 Å². The molecule has 0 bridgehead atoms. The Bertz CT molecular complexity index is 577. The predicted molar refractivity (Wildman–Crippen MR) is 77.5 cm³/mol. The maximum atomic E-state index is 12.4. The molecule has 0 aliphatic heterocycles. The molecule has 0 radical (unpaired) electrons. The minimum atomic E-state index is -3.48. The van der Waals surface area contributed by atoms with Crippen LogP contribution >= 0.6 is 0 Å². The van der Waals surface area contributed by atoms with E-state index in [-0.39, 0.29) is 6.04 Å². The summed E-state index contributed by atoms with van der Waals surface area (Å²) >= 11 is 0. The zero-order valence-electron chi connectivity index (χ0n) is 11.7. The summed E-state index contributed by atoms with van der Waals surface area (Å²) in [5.41, 5.74) is 7.90. The summed E-state index contributed by atoms with van der Waals surface area (Å²) in [5, 5.41) is 0. The number of nitrogen functional groups attached to an aromatic ring is 1. The smallest absolute Gasteiger partial charge is 0.241 e. The SMILES string of the molecule is Cc1cc(N)cc(S(=O)(=O)NC(C)CC2CC2)c1C. The maximum Gasteiger partial charge on any atom is 0.241 e. The van der Waals surface area contributed by atoms with Crippen molar-refractivity contribution in [2.75, 3.05) is 5.73 Å². The molecular weight excluding hydrogens is 260 g/mol. The van der Waals surface area contributed by atoms with Crippen LogP contribution in [0.1, 0.15) is 37.3 Å². The largest absolute Gasteiger partial charge is 0.399 e. The van der Waals surface area contributed by atoms with Gasteiger partial charge in [-0.2, -0.15) is 0 Å². The summed E-state index contributed by atoms with van der Waals surface area (Å²) < 4.78 is 27.6. The first-order valence-electron chi connectivity index (χ1n) is 6.68. The second kappa shape index (κ2) is 5.13. The third-order valence-electron chi connectivity index (χ3n) is 3.67. The number of sulfonamides is 1. The van der Waals surface area contributed by atoms with Crippen molar-refractivity contribution in [2.45, 2.75) is 51.0 Å². The van der Waals surface area contributed by atoms with Crippen LogP contribution in [0.5, 0.6) is 0 Å². The molecule has 1 aliphatic carbocycles. The van der Waals surface area contributed by atoms with Gasteiger partial charge in [-0.15, -0.1) is 0 Å². The van der Waals surface area contributed by atoms with Gasteiger partial charge < -0.3 is 5.73 Å². The third-order valence-corrected chi connectivity index (χ3v) is 5.39. The Balaban J connectivity index is 2.23. The van der Waals surface area contributed by atoms with Crippen LogP contribution in [0, 0.1) is 19.8 Å². The van der Waals surface area contributed by atoms with E-state index in [1.165, 1.54) is 18.9 Å². The molecule has 1 fully saturated rings. The second-order valence-corrected chi connectivity index (χ2v) is 7.34. The molecule has 1 aromatic rings. The molecule has 1 saturated carbocycles. The van der Waals surface area contributed by atoms with Crippen molar-refractivity contribution >= 4 is 15.7 Å². The summed E-state index contributed by atoms with van der Waals surface area (Å²) in [6.07, 6.45) is 3.37. The minimum absolute atomic E-state index is 0.0290. The topological polar surface area (TPSA) is 72.2 Å². The first kappa shape index (κ1) is 14.3. The molecule has 106 valence electrons. The fourth-order valence-electron chi connectivity index (χ4n) is 2.36. The van der Waals surface area contributed by atoms with Crippen molar-refractivity contribution in [3.8, 4) is 0 Å². The first-order valence-corrected chi connectivity index (χ1v) is 8.17. The molecule has 0 spiro atoms. The quantitative estimate of drug-likeness (QED) is 0.814. The molecule has 19 heavy (non-hydrogen) atoms. The number of hydrogen-bond donors (Lipinski definition) is 2. The zero-order chi connectivity index (χ0) is 14.2. The van der Waals surface area contributed by atoms with E-state index in [2.05, 4.69) is 4.72 Å². The Morgan fingerprint density at radius 1 is 1.37 bits per heavy atom. The predicted octanol–water partition coefficient (Wildman–Crippen LogP) is 2.35. The third kappa shape index (κ3) is 3.48. The van der Waals surface area contributed by atoms with Crippen molar-refractivity contribution in [1.29, 1.82) is 0 Å². The number of nitrogens with one attached hydrogen (secondary N) is 1. The molecule has 4 nitrogen and oxygen atoms in total. The lowest BCUT2D eigenvalue weighted by Gasteiger charge is -2.16. The Labute approximate surface area is 115 Å². The summed E-state index contributed by atoms with van der Waals surface area (Å²) in [5.74, 6) is 0.696. The van der Waals surface area contributed by atoms with Crippen LogP contribution in [0.15, 0.2) is 17.0 Å². The fourth-order valence-corrected chi connectivity index (χ4v) is 3.97. The Hall–Kier alpha value is -1.07. The van der Waals surface area contributed by atoms with E-state index in [9.17, 15) is 8.42 Å². The van der Waals surface area contributed by atoms with Crippen molar-refractivity contribution < 1.29 is 8.42 Å². The highest BCUT2D eigenvalue weighted by molar-refractivity contribution is 7.89. The summed E-state index contributed by atoms with van der Waals surface area (Å²) in [7, 11) is -3.48. The average Bonchev–Trinajstić information content (AvgIpc) is 3.05. The van der Waals surface area contributed by atoms with E-state index >= 15 is 0 Å². The van der Waals surface area contributed by atoms with Gasteiger partial charge in [0.25, 0.3) is 0 Å². The normalized spacial score (nSPS) is 17.4. The van der Waals surface area contributed by atoms with Crippen molar-refractivity contribution in [2.24, 2.45) is 5.92 Å². The van der Waals surface area contributed by atoms with Crippen LogP contribution in [0.25, 0.3) is 0 Å². The van der Waals surface area contributed by atoms with Gasteiger partial charge in [0.1, 0.15) is 0 Å². The minimum Gasteiger partial charge on any atom is -0.399 e. The monoisotopic (exact) mass is 282 g/mol. The zero-order valence-corrected chi connectivity index (χ0v) is 12.5. The summed E-state index contributed by atoms with van der Waals surface area (Å²) in [6, 6.07) is 3.30. The molecule has 0 heterocycles. The Morgan fingerprint density at radius 2 is 2.00 bits per heavy atom. The van der Waals surface area contributed by atoms with E-state index in [1.54, 1.807) is 6.07 Å². The number of benzene rings is 1. The van der Waals surface area contributed by atoms with Gasteiger partial charge in [0.05, 0.1) is 4.90 Å². The molecule has 0 amide bonds. The molecule has 1 aromatic carbocycles. The first-order chi connectivity index (χ1) is 8.79. The number of rotatable bonds is 5. The summed E-state index contributed by atoms with van der Waals surface area (Å²) in [4.78, 5) is 0.299. The number of hydrogen-bond acceptors (Lipinski definition) is 3. The van der Waals surface area contributed by atoms with Gasteiger partial charge in [0.15, 0.2) is 0 Å². The summed E-state index contributed by atoms with van der Waals surface area (Å²) in [6.45, 7) is 5.61. The molecule has 0 aromatic heterocycles. The van der Waals surface area contributed by atoms with Gasteiger partial charge in [-0.25, -0.2) is 13.1 Å². The Kier molecular flexibility index (Phi) is 3.87. The van der Waals surface area contributed by atoms with Gasteiger partial charge >= 0.3 is 0 Å². The molecule has 2 rings (SSSR count). The molecule has 1 aliphatic rings. The molecule has 3 N–H and O–H groups in total. The molecule has 5 heteroatoms. The van der Waals surface area contributed by atoms with Gasteiger partial charge in [-0.3, -0.25) is 0 Å². The van der Waals surface area contributed by atoms with Crippen LogP contribution in [0.4, 0.5) is 5.69 Å². The molecular formula is C14H22N2O2S. The molecule has 1 unspecified atom stereocenters. The van der Waals surface area contributed by atoms with Crippen LogP contribution in [-0.4, -0.2) is 14.5 Å². The lowest BCUT2D eigenvalue weighted by Crippen LogP contribution is -2.33. The van der Waals surface area contributed by atoms with Crippen molar-refractivity contribution in [1.82, 2.24) is 4.72 Å². The van der Waals surface area contributed by atoms with Gasteiger partial charge in [-0.1, -0.05) is 12.8 Å².